The number of allylic oxidation sites excluding steroid dienone is 5. The fourth-order valence-corrected chi connectivity index (χ4v) is 3.50. The van der Waals surface area contributed by atoms with Gasteiger partial charge in [0.1, 0.15) is 0 Å². The Labute approximate surface area is 104 Å². The van der Waals surface area contributed by atoms with Crippen molar-refractivity contribution in [1.29, 1.82) is 0 Å². The quantitative estimate of drug-likeness (QED) is 0.616. The zero-order valence-corrected chi connectivity index (χ0v) is 11.2. The molecule has 0 N–H and O–H groups in total. The molecule has 0 unspecified atom stereocenters. The van der Waals surface area contributed by atoms with Crippen LogP contribution in [0.1, 0.15) is 46.5 Å². The van der Waals surface area contributed by atoms with Crippen molar-refractivity contribution in [1.82, 2.24) is 0 Å². The standard InChI is InChI=1S/C16H22O/c1-11(2)14-10-15(17)12(3)13-8-6-5-7-9-16(13,14)4/h5,7,14H,1,6,8-10H2,2-4H3/t14-,16+/m0/s1. The molecule has 2 atom stereocenters. The normalized spacial score (nSPS) is 33.4. The summed E-state index contributed by atoms with van der Waals surface area (Å²) in [6.07, 6.45) is 8.34. The van der Waals surface area contributed by atoms with Crippen LogP contribution in [-0.4, -0.2) is 5.78 Å². The van der Waals surface area contributed by atoms with Crippen molar-refractivity contribution < 1.29 is 4.79 Å². The smallest absolute Gasteiger partial charge is 0.159 e. The molecule has 0 bridgehead atoms. The molecular weight excluding hydrogens is 208 g/mol. The monoisotopic (exact) mass is 230 g/mol. The zero-order chi connectivity index (χ0) is 12.6. The highest BCUT2D eigenvalue weighted by atomic mass is 16.1. The number of ketones is 1. The minimum Gasteiger partial charge on any atom is -0.295 e. The second-order valence-electron chi connectivity index (χ2n) is 5.76. The predicted octanol–water partition coefficient (Wildman–Crippen LogP) is 4.21. The number of rotatable bonds is 1. The van der Waals surface area contributed by atoms with Crippen LogP contribution in [0, 0.1) is 11.3 Å². The van der Waals surface area contributed by atoms with E-state index in [0.717, 1.165) is 30.4 Å². The summed E-state index contributed by atoms with van der Waals surface area (Å²) in [5, 5.41) is 0. The molecule has 2 aliphatic carbocycles. The lowest BCUT2D eigenvalue weighted by atomic mass is 9.60. The van der Waals surface area contributed by atoms with Crippen LogP contribution < -0.4 is 0 Å². The molecule has 0 aromatic rings. The summed E-state index contributed by atoms with van der Waals surface area (Å²) in [4.78, 5) is 12.1. The van der Waals surface area contributed by atoms with Crippen molar-refractivity contribution in [2.24, 2.45) is 11.3 Å². The van der Waals surface area contributed by atoms with E-state index in [9.17, 15) is 4.79 Å². The second-order valence-corrected chi connectivity index (χ2v) is 5.76. The van der Waals surface area contributed by atoms with Gasteiger partial charge in [0.2, 0.25) is 0 Å². The molecule has 0 fully saturated rings. The van der Waals surface area contributed by atoms with Gasteiger partial charge in [-0.15, -0.1) is 0 Å². The fraction of sp³-hybridized carbons (Fsp3) is 0.562. The molecule has 0 saturated heterocycles. The maximum atomic E-state index is 12.1. The van der Waals surface area contributed by atoms with Gasteiger partial charge in [0.05, 0.1) is 0 Å². The minimum absolute atomic E-state index is 0.122. The number of carbonyl (C=O) groups is 1. The Morgan fingerprint density at radius 1 is 1.47 bits per heavy atom. The SMILES string of the molecule is C=C(C)[C@@H]1CC(=O)C(C)=C2CCC=CC[C@]21C. The van der Waals surface area contributed by atoms with Gasteiger partial charge in [-0.05, 0) is 50.0 Å². The Bertz CT molecular complexity index is 425. The molecule has 0 radical (unpaired) electrons. The van der Waals surface area contributed by atoms with Crippen molar-refractivity contribution in [2.45, 2.75) is 46.5 Å². The van der Waals surface area contributed by atoms with Gasteiger partial charge in [0.15, 0.2) is 5.78 Å². The van der Waals surface area contributed by atoms with E-state index >= 15 is 0 Å². The average molecular weight is 230 g/mol. The van der Waals surface area contributed by atoms with E-state index in [4.69, 9.17) is 0 Å². The molecule has 0 spiro atoms. The molecule has 2 rings (SSSR count). The van der Waals surface area contributed by atoms with E-state index in [0.29, 0.717) is 18.1 Å². The summed E-state index contributed by atoms with van der Waals surface area (Å²) in [5.41, 5.74) is 3.68. The van der Waals surface area contributed by atoms with Gasteiger partial charge < -0.3 is 0 Å². The van der Waals surface area contributed by atoms with E-state index in [2.05, 4.69) is 32.6 Å². The summed E-state index contributed by atoms with van der Waals surface area (Å²) >= 11 is 0. The van der Waals surface area contributed by atoms with Crippen LogP contribution in [0.2, 0.25) is 0 Å². The number of carbonyl (C=O) groups excluding carboxylic acids is 1. The lowest BCUT2D eigenvalue weighted by molar-refractivity contribution is -0.117. The highest BCUT2D eigenvalue weighted by Crippen LogP contribution is 2.51. The third-order valence-electron chi connectivity index (χ3n) is 4.58. The van der Waals surface area contributed by atoms with Gasteiger partial charge in [-0.2, -0.15) is 0 Å². The van der Waals surface area contributed by atoms with Gasteiger partial charge in [0, 0.05) is 6.42 Å². The lowest BCUT2D eigenvalue weighted by Gasteiger charge is -2.43. The highest BCUT2D eigenvalue weighted by molar-refractivity contribution is 5.97. The Morgan fingerprint density at radius 3 is 2.82 bits per heavy atom. The van der Waals surface area contributed by atoms with Crippen LogP contribution in [0.3, 0.4) is 0 Å². The highest BCUT2D eigenvalue weighted by Gasteiger charge is 2.43. The molecule has 2 aliphatic rings. The minimum atomic E-state index is 0.122. The predicted molar refractivity (Wildman–Crippen MR) is 71.7 cm³/mol. The number of Topliss-reactive ketones (excluding diaryl/α,β-unsaturated/α-hetero) is 1. The van der Waals surface area contributed by atoms with Crippen molar-refractivity contribution in [3.63, 3.8) is 0 Å². The Morgan fingerprint density at radius 2 is 2.18 bits per heavy atom. The topological polar surface area (TPSA) is 17.1 Å². The number of fused-ring (bicyclic) bond motifs is 1. The molecule has 0 aromatic carbocycles. The summed E-state index contributed by atoms with van der Waals surface area (Å²) in [5.74, 6) is 0.642. The molecule has 1 nitrogen and oxygen atoms in total. The van der Waals surface area contributed by atoms with Crippen molar-refractivity contribution in [3.8, 4) is 0 Å². The van der Waals surface area contributed by atoms with Crippen molar-refractivity contribution >= 4 is 5.78 Å². The Balaban J connectivity index is 2.54. The maximum absolute atomic E-state index is 12.1. The van der Waals surface area contributed by atoms with Gasteiger partial charge in [-0.3, -0.25) is 4.79 Å². The third-order valence-corrected chi connectivity index (χ3v) is 4.58. The average Bonchev–Trinajstić information content (AvgIpc) is 2.46. The van der Waals surface area contributed by atoms with Crippen LogP contribution in [0.5, 0.6) is 0 Å². The molecule has 1 heteroatoms. The fourth-order valence-electron chi connectivity index (χ4n) is 3.50. The zero-order valence-electron chi connectivity index (χ0n) is 11.2. The van der Waals surface area contributed by atoms with Crippen LogP contribution in [0.25, 0.3) is 0 Å². The van der Waals surface area contributed by atoms with Crippen LogP contribution >= 0.6 is 0 Å². The summed E-state index contributed by atoms with van der Waals surface area (Å²) in [7, 11) is 0. The van der Waals surface area contributed by atoms with Crippen molar-refractivity contribution in [3.05, 3.63) is 35.5 Å². The largest absolute Gasteiger partial charge is 0.295 e. The van der Waals surface area contributed by atoms with E-state index in [1.165, 1.54) is 5.57 Å². The van der Waals surface area contributed by atoms with Gasteiger partial charge >= 0.3 is 0 Å². The Hall–Kier alpha value is -1.11. The molecule has 0 heterocycles. The molecule has 0 amide bonds. The van der Waals surface area contributed by atoms with Crippen LogP contribution in [0.15, 0.2) is 35.5 Å². The molecule has 0 aliphatic heterocycles. The first kappa shape index (κ1) is 12.3. The number of hydrogen-bond donors (Lipinski definition) is 0. The Kier molecular flexibility index (Phi) is 3.11. The molecule has 92 valence electrons. The summed E-state index contributed by atoms with van der Waals surface area (Å²) in [6, 6.07) is 0. The van der Waals surface area contributed by atoms with E-state index in [-0.39, 0.29) is 5.41 Å². The van der Waals surface area contributed by atoms with Crippen LogP contribution in [0.4, 0.5) is 0 Å². The summed E-state index contributed by atoms with van der Waals surface area (Å²) in [6.45, 7) is 10.5. The molecule has 0 saturated carbocycles. The molecule has 0 aromatic heterocycles. The van der Waals surface area contributed by atoms with E-state index < -0.39 is 0 Å². The number of hydrogen-bond acceptors (Lipinski definition) is 1. The van der Waals surface area contributed by atoms with Gasteiger partial charge in [-0.25, -0.2) is 0 Å². The van der Waals surface area contributed by atoms with Crippen LogP contribution in [-0.2, 0) is 4.79 Å². The maximum Gasteiger partial charge on any atom is 0.159 e. The van der Waals surface area contributed by atoms with Gasteiger partial charge in [0.25, 0.3) is 0 Å². The first-order chi connectivity index (χ1) is 7.97. The second kappa shape index (κ2) is 4.29. The van der Waals surface area contributed by atoms with Crippen molar-refractivity contribution in [2.75, 3.05) is 0 Å². The van der Waals surface area contributed by atoms with Gasteiger partial charge in [-0.1, -0.05) is 36.8 Å². The lowest BCUT2D eigenvalue weighted by Crippen LogP contribution is -2.37. The molecular formula is C16H22O. The first-order valence-corrected chi connectivity index (χ1v) is 6.50. The first-order valence-electron chi connectivity index (χ1n) is 6.50. The van der Waals surface area contributed by atoms with E-state index in [1.54, 1.807) is 0 Å². The third kappa shape index (κ3) is 1.92. The summed E-state index contributed by atoms with van der Waals surface area (Å²) < 4.78 is 0. The van der Waals surface area contributed by atoms with E-state index in [1.807, 2.05) is 6.92 Å². The molecule has 17 heavy (non-hydrogen) atoms.